The Kier molecular flexibility index (Phi) is 6.45. The van der Waals surface area contributed by atoms with Crippen LogP contribution in [0.15, 0.2) is 48.0 Å². The molecule has 0 aliphatic carbocycles. The number of nitrogens with zero attached hydrogens (tertiary/aromatic N) is 1. The molecular weight excluding hydrogens is 418 g/mol. The van der Waals surface area contributed by atoms with E-state index in [1.165, 1.54) is 0 Å². The quantitative estimate of drug-likeness (QED) is 0.365. The summed E-state index contributed by atoms with van der Waals surface area (Å²) in [5, 5.41) is 11.3. The highest BCUT2D eigenvalue weighted by atomic mass is 16.5. The number of unbranched alkanes of at least 4 members (excludes halogenated alkanes) is 1. The van der Waals surface area contributed by atoms with E-state index in [1.807, 2.05) is 64.1 Å². The molecule has 6 nitrogen and oxygen atoms in total. The molecule has 1 saturated heterocycles. The van der Waals surface area contributed by atoms with Gasteiger partial charge < -0.3 is 19.5 Å². The van der Waals surface area contributed by atoms with Gasteiger partial charge in [-0.25, -0.2) is 0 Å². The SMILES string of the molecule is CCCCN1C(=O)C(=O)/C(=C(\O)c2ccc3c(c2)CC(C)O3)C1c1ccc(OC(C)C)cc1. The van der Waals surface area contributed by atoms with Gasteiger partial charge in [-0.1, -0.05) is 25.5 Å². The summed E-state index contributed by atoms with van der Waals surface area (Å²) in [6, 6.07) is 12.2. The Balaban J connectivity index is 1.78. The van der Waals surface area contributed by atoms with Crippen molar-refractivity contribution in [1.82, 2.24) is 4.90 Å². The molecule has 4 rings (SSSR count). The third-order valence-electron chi connectivity index (χ3n) is 6.03. The molecule has 2 aliphatic rings. The van der Waals surface area contributed by atoms with Crippen molar-refractivity contribution in [1.29, 1.82) is 0 Å². The fraction of sp³-hybridized carbons (Fsp3) is 0.407. The number of amides is 1. The molecule has 1 amide bonds. The molecule has 0 radical (unpaired) electrons. The molecule has 33 heavy (non-hydrogen) atoms. The van der Waals surface area contributed by atoms with Crippen LogP contribution < -0.4 is 9.47 Å². The van der Waals surface area contributed by atoms with Crippen LogP contribution in [-0.4, -0.2) is 40.4 Å². The van der Waals surface area contributed by atoms with Crippen molar-refractivity contribution in [3.05, 3.63) is 64.7 Å². The molecule has 2 atom stereocenters. The lowest BCUT2D eigenvalue weighted by Gasteiger charge is -2.25. The largest absolute Gasteiger partial charge is 0.507 e. The molecule has 1 fully saturated rings. The van der Waals surface area contributed by atoms with Gasteiger partial charge in [-0.05, 0) is 68.7 Å². The summed E-state index contributed by atoms with van der Waals surface area (Å²) in [6.07, 6.45) is 2.51. The van der Waals surface area contributed by atoms with Gasteiger partial charge in [0, 0.05) is 18.5 Å². The molecule has 2 aliphatic heterocycles. The summed E-state index contributed by atoms with van der Waals surface area (Å²) in [5.74, 6) is 0.130. The van der Waals surface area contributed by atoms with Crippen LogP contribution in [0.4, 0.5) is 0 Å². The third-order valence-corrected chi connectivity index (χ3v) is 6.03. The zero-order chi connectivity index (χ0) is 23.7. The zero-order valence-corrected chi connectivity index (χ0v) is 19.6. The molecule has 0 aromatic heterocycles. The molecule has 174 valence electrons. The summed E-state index contributed by atoms with van der Waals surface area (Å²) < 4.78 is 11.5. The average molecular weight is 450 g/mol. The van der Waals surface area contributed by atoms with Crippen molar-refractivity contribution in [3.8, 4) is 11.5 Å². The van der Waals surface area contributed by atoms with Crippen LogP contribution in [0.2, 0.25) is 0 Å². The normalized spacial score (nSPS) is 21.4. The highest BCUT2D eigenvalue weighted by Gasteiger charge is 2.45. The lowest BCUT2D eigenvalue weighted by atomic mass is 9.94. The van der Waals surface area contributed by atoms with E-state index >= 15 is 0 Å². The van der Waals surface area contributed by atoms with Gasteiger partial charge in [0.05, 0.1) is 17.7 Å². The summed E-state index contributed by atoms with van der Waals surface area (Å²) in [4.78, 5) is 27.7. The van der Waals surface area contributed by atoms with Gasteiger partial charge in [-0.2, -0.15) is 0 Å². The number of hydrogen-bond donors (Lipinski definition) is 1. The number of carbonyl (C=O) groups excluding carboxylic acids is 2. The fourth-order valence-electron chi connectivity index (χ4n) is 4.51. The number of ether oxygens (including phenoxy) is 2. The van der Waals surface area contributed by atoms with Gasteiger partial charge in [-0.15, -0.1) is 0 Å². The summed E-state index contributed by atoms with van der Waals surface area (Å²) in [6.45, 7) is 8.39. The van der Waals surface area contributed by atoms with E-state index in [9.17, 15) is 14.7 Å². The number of aliphatic hydroxyl groups excluding tert-OH is 1. The Bertz CT molecular complexity index is 1090. The second-order valence-electron chi connectivity index (χ2n) is 9.04. The molecule has 1 N–H and O–H groups in total. The van der Waals surface area contributed by atoms with E-state index in [-0.39, 0.29) is 23.5 Å². The second-order valence-corrected chi connectivity index (χ2v) is 9.04. The van der Waals surface area contributed by atoms with Crippen molar-refractivity contribution in [3.63, 3.8) is 0 Å². The Hall–Kier alpha value is -3.28. The second kappa shape index (κ2) is 9.30. The summed E-state index contributed by atoms with van der Waals surface area (Å²) >= 11 is 0. The van der Waals surface area contributed by atoms with E-state index < -0.39 is 17.7 Å². The van der Waals surface area contributed by atoms with Gasteiger partial charge in [0.1, 0.15) is 23.4 Å². The van der Waals surface area contributed by atoms with E-state index in [0.29, 0.717) is 17.9 Å². The summed E-state index contributed by atoms with van der Waals surface area (Å²) in [5.41, 5.74) is 2.39. The molecule has 0 spiro atoms. The fourth-order valence-corrected chi connectivity index (χ4v) is 4.51. The molecule has 2 heterocycles. The van der Waals surface area contributed by atoms with Crippen LogP contribution in [0.1, 0.15) is 63.3 Å². The Labute approximate surface area is 194 Å². The number of fused-ring (bicyclic) bond motifs is 1. The van der Waals surface area contributed by atoms with E-state index in [2.05, 4.69) is 0 Å². The monoisotopic (exact) mass is 449 g/mol. The molecule has 0 saturated carbocycles. The van der Waals surface area contributed by atoms with Gasteiger partial charge in [-0.3, -0.25) is 9.59 Å². The highest BCUT2D eigenvalue weighted by molar-refractivity contribution is 6.46. The molecule has 2 aromatic rings. The smallest absolute Gasteiger partial charge is 0.295 e. The first-order valence-corrected chi connectivity index (χ1v) is 11.6. The van der Waals surface area contributed by atoms with E-state index in [4.69, 9.17) is 9.47 Å². The first kappa shape index (κ1) is 22.9. The highest BCUT2D eigenvalue weighted by Crippen LogP contribution is 2.41. The Morgan fingerprint density at radius 2 is 1.91 bits per heavy atom. The molecular formula is C27H31NO5. The van der Waals surface area contributed by atoms with Crippen LogP contribution in [0.3, 0.4) is 0 Å². The third kappa shape index (κ3) is 4.47. The van der Waals surface area contributed by atoms with Crippen molar-refractivity contribution in [2.45, 2.75) is 65.2 Å². The first-order valence-electron chi connectivity index (χ1n) is 11.6. The predicted octanol–water partition coefficient (Wildman–Crippen LogP) is 5.02. The van der Waals surface area contributed by atoms with Gasteiger partial charge >= 0.3 is 0 Å². The zero-order valence-electron chi connectivity index (χ0n) is 19.6. The van der Waals surface area contributed by atoms with Crippen LogP contribution >= 0.6 is 0 Å². The van der Waals surface area contributed by atoms with Crippen molar-refractivity contribution in [2.24, 2.45) is 0 Å². The molecule has 2 aromatic carbocycles. The van der Waals surface area contributed by atoms with Crippen LogP contribution in [0, 0.1) is 0 Å². The molecule has 0 bridgehead atoms. The van der Waals surface area contributed by atoms with Gasteiger partial charge in [0.15, 0.2) is 0 Å². The Morgan fingerprint density at radius 3 is 2.58 bits per heavy atom. The number of hydrogen-bond acceptors (Lipinski definition) is 5. The maximum atomic E-state index is 13.1. The number of aliphatic hydroxyl groups is 1. The van der Waals surface area contributed by atoms with Crippen molar-refractivity contribution >= 4 is 17.4 Å². The average Bonchev–Trinajstić information content (AvgIpc) is 3.27. The first-order chi connectivity index (χ1) is 15.8. The lowest BCUT2D eigenvalue weighted by molar-refractivity contribution is -0.139. The number of rotatable bonds is 7. The van der Waals surface area contributed by atoms with Crippen molar-refractivity contribution < 1.29 is 24.2 Å². The predicted molar refractivity (Wildman–Crippen MR) is 126 cm³/mol. The van der Waals surface area contributed by atoms with Gasteiger partial charge in [0.2, 0.25) is 0 Å². The maximum absolute atomic E-state index is 13.1. The minimum Gasteiger partial charge on any atom is -0.507 e. The maximum Gasteiger partial charge on any atom is 0.295 e. The van der Waals surface area contributed by atoms with E-state index in [1.54, 1.807) is 11.0 Å². The minimum absolute atomic E-state index is 0.0394. The topological polar surface area (TPSA) is 76.1 Å². The molecule has 2 unspecified atom stereocenters. The number of Topliss-reactive ketones (excluding diaryl/α,β-unsaturated/α-hetero) is 1. The molecule has 6 heteroatoms. The Morgan fingerprint density at radius 1 is 1.18 bits per heavy atom. The lowest BCUT2D eigenvalue weighted by Crippen LogP contribution is -2.30. The summed E-state index contributed by atoms with van der Waals surface area (Å²) in [7, 11) is 0. The number of likely N-dealkylation sites (tertiary alicyclic amines) is 1. The van der Waals surface area contributed by atoms with Crippen LogP contribution in [0.25, 0.3) is 5.76 Å². The van der Waals surface area contributed by atoms with Crippen LogP contribution in [-0.2, 0) is 16.0 Å². The standard InChI is InChI=1S/C27H31NO5/c1-5-6-13-28-24(18-7-10-21(11-8-18)32-16(2)3)23(26(30)27(28)31)25(29)19-9-12-22-20(15-19)14-17(4)33-22/h7-12,15-17,24,29H,5-6,13-14H2,1-4H3/b25-23-. The van der Waals surface area contributed by atoms with Gasteiger partial charge in [0.25, 0.3) is 11.7 Å². The minimum atomic E-state index is -0.652. The number of ketones is 1. The van der Waals surface area contributed by atoms with E-state index in [0.717, 1.165) is 36.1 Å². The van der Waals surface area contributed by atoms with Crippen molar-refractivity contribution in [2.75, 3.05) is 6.54 Å². The number of benzene rings is 2. The van der Waals surface area contributed by atoms with Crippen LogP contribution in [0.5, 0.6) is 11.5 Å². The number of carbonyl (C=O) groups is 2.